The van der Waals surface area contributed by atoms with Gasteiger partial charge in [-0.15, -0.1) is 0 Å². The van der Waals surface area contributed by atoms with Gasteiger partial charge in [0.2, 0.25) is 0 Å². The van der Waals surface area contributed by atoms with E-state index in [4.69, 9.17) is 19.4 Å². The standard InChI is InChI=1S/C49H30N4O/c1-3-13-31(14-4-1)32-23-25-35(26-24-32)48-50-47(34-16-5-2-6-17-34)51-49(52-48)40-29-36(30-44-46(40)39-20-10-12-22-43(39)54-44)53-41-21-11-9-19-38(41)45-37-18-8-7-15-33(37)27-28-42(45)53/h1-30H. The molecule has 0 aliphatic carbocycles. The highest BCUT2D eigenvalue weighted by Gasteiger charge is 2.22. The lowest BCUT2D eigenvalue weighted by Gasteiger charge is -2.13. The average molecular weight is 691 g/mol. The van der Waals surface area contributed by atoms with Crippen LogP contribution in [0.15, 0.2) is 186 Å². The van der Waals surface area contributed by atoms with Crippen LogP contribution < -0.4 is 0 Å². The molecule has 0 atom stereocenters. The molecule has 5 heteroatoms. The maximum absolute atomic E-state index is 6.65. The second kappa shape index (κ2) is 12.1. The van der Waals surface area contributed by atoms with Crippen LogP contribution in [0.3, 0.4) is 0 Å². The normalized spacial score (nSPS) is 11.7. The van der Waals surface area contributed by atoms with Crippen LogP contribution in [0, 0.1) is 0 Å². The number of aromatic nitrogens is 4. The van der Waals surface area contributed by atoms with Gasteiger partial charge in [0.1, 0.15) is 11.2 Å². The van der Waals surface area contributed by atoms with Gasteiger partial charge in [0.25, 0.3) is 0 Å². The van der Waals surface area contributed by atoms with Crippen molar-refractivity contribution in [2.75, 3.05) is 0 Å². The van der Waals surface area contributed by atoms with Gasteiger partial charge in [-0.2, -0.15) is 0 Å². The van der Waals surface area contributed by atoms with E-state index in [9.17, 15) is 0 Å². The Morgan fingerprint density at radius 2 is 0.944 bits per heavy atom. The molecular weight excluding hydrogens is 661 g/mol. The maximum Gasteiger partial charge on any atom is 0.164 e. The summed E-state index contributed by atoms with van der Waals surface area (Å²) in [4.78, 5) is 15.5. The number of rotatable bonds is 5. The van der Waals surface area contributed by atoms with Gasteiger partial charge >= 0.3 is 0 Å². The topological polar surface area (TPSA) is 56.7 Å². The molecule has 8 aromatic carbocycles. The first kappa shape index (κ1) is 30.3. The minimum Gasteiger partial charge on any atom is -0.456 e. The fourth-order valence-electron chi connectivity index (χ4n) is 7.95. The van der Waals surface area contributed by atoms with E-state index in [0.717, 1.165) is 66.5 Å². The Morgan fingerprint density at radius 1 is 0.370 bits per heavy atom. The van der Waals surface area contributed by atoms with Gasteiger partial charge in [0.15, 0.2) is 17.5 Å². The van der Waals surface area contributed by atoms with Crippen LogP contribution in [-0.4, -0.2) is 19.5 Å². The van der Waals surface area contributed by atoms with Gasteiger partial charge in [-0.3, -0.25) is 0 Å². The zero-order chi connectivity index (χ0) is 35.6. The minimum absolute atomic E-state index is 0.579. The summed E-state index contributed by atoms with van der Waals surface area (Å²) in [5.41, 5.74) is 9.79. The molecular formula is C49H30N4O. The summed E-state index contributed by atoms with van der Waals surface area (Å²) in [5.74, 6) is 1.79. The third kappa shape index (κ3) is 4.83. The first-order chi connectivity index (χ1) is 26.8. The molecule has 252 valence electrons. The molecule has 5 nitrogen and oxygen atoms in total. The molecule has 3 aromatic heterocycles. The number of hydrogen-bond acceptors (Lipinski definition) is 4. The fourth-order valence-corrected chi connectivity index (χ4v) is 7.95. The van der Waals surface area contributed by atoms with Crippen LogP contribution in [0.4, 0.5) is 0 Å². The lowest BCUT2D eigenvalue weighted by atomic mass is 10.0. The molecule has 11 rings (SSSR count). The molecule has 0 fully saturated rings. The highest BCUT2D eigenvalue weighted by Crippen LogP contribution is 2.42. The van der Waals surface area contributed by atoms with Crippen LogP contribution in [0.5, 0.6) is 0 Å². The number of hydrogen-bond donors (Lipinski definition) is 0. The third-order valence-electron chi connectivity index (χ3n) is 10.4. The van der Waals surface area contributed by atoms with E-state index in [1.807, 2.05) is 48.5 Å². The van der Waals surface area contributed by atoms with E-state index in [1.54, 1.807) is 0 Å². The highest BCUT2D eigenvalue weighted by molar-refractivity contribution is 6.21. The van der Waals surface area contributed by atoms with Crippen LogP contribution in [0.1, 0.15) is 0 Å². The molecule has 0 saturated heterocycles. The van der Waals surface area contributed by atoms with Gasteiger partial charge in [-0.25, -0.2) is 15.0 Å². The van der Waals surface area contributed by atoms with Crippen molar-refractivity contribution < 1.29 is 4.42 Å². The van der Waals surface area contributed by atoms with Crippen molar-refractivity contribution in [1.82, 2.24) is 19.5 Å². The summed E-state index contributed by atoms with van der Waals surface area (Å²) < 4.78 is 8.99. The van der Waals surface area contributed by atoms with Crippen molar-refractivity contribution in [2.45, 2.75) is 0 Å². The van der Waals surface area contributed by atoms with Crippen molar-refractivity contribution in [1.29, 1.82) is 0 Å². The number of nitrogens with zero attached hydrogens (tertiary/aromatic N) is 4. The van der Waals surface area contributed by atoms with E-state index < -0.39 is 0 Å². The second-order valence-electron chi connectivity index (χ2n) is 13.6. The van der Waals surface area contributed by atoms with Crippen molar-refractivity contribution in [3.05, 3.63) is 182 Å². The number of furan rings is 1. The molecule has 54 heavy (non-hydrogen) atoms. The van der Waals surface area contributed by atoms with Crippen LogP contribution in [0.25, 0.3) is 105 Å². The molecule has 0 spiro atoms. The van der Waals surface area contributed by atoms with Gasteiger partial charge < -0.3 is 8.98 Å². The molecule has 0 aliphatic rings. The lowest BCUT2D eigenvalue weighted by Crippen LogP contribution is -2.01. The molecule has 11 aromatic rings. The first-order valence-electron chi connectivity index (χ1n) is 18.1. The van der Waals surface area contributed by atoms with Crippen LogP contribution in [-0.2, 0) is 0 Å². The summed E-state index contributed by atoms with van der Waals surface area (Å²) in [6.45, 7) is 0. The quantitative estimate of drug-likeness (QED) is 0.180. The van der Waals surface area contributed by atoms with Crippen LogP contribution in [0.2, 0.25) is 0 Å². The van der Waals surface area contributed by atoms with E-state index >= 15 is 0 Å². The Balaban J connectivity index is 1.19. The Hall–Kier alpha value is -7.37. The smallest absolute Gasteiger partial charge is 0.164 e. The Kier molecular flexibility index (Phi) is 6.79. The average Bonchev–Trinajstić information content (AvgIpc) is 3.80. The molecule has 0 amide bonds. The summed E-state index contributed by atoms with van der Waals surface area (Å²) in [5, 5.41) is 6.84. The molecule has 0 radical (unpaired) electrons. The zero-order valence-electron chi connectivity index (χ0n) is 29.0. The van der Waals surface area contributed by atoms with E-state index in [2.05, 4.69) is 138 Å². The van der Waals surface area contributed by atoms with Crippen LogP contribution >= 0.6 is 0 Å². The monoisotopic (exact) mass is 690 g/mol. The SMILES string of the molecule is c1ccc(-c2ccc(-c3nc(-c4ccccc4)nc(-c4cc(-n5c6ccccc6c6c7ccccc7ccc65)cc5oc6ccccc6c45)n3)cc2)cc1. The van der Waals surface area contributed by atoms with Gasteiger partial charge in [0, 0.05) is 44.3 Å². The Bertz CT molecular complexity index is 3200. The lowest BCUT2D eigenvalue weighted by molar-refractivity contribution is 0.668. The Labute approximate surface area is 310 Å². The van der Waals surface area contributed by atoms with Crippen molar-refractivity contribution >= 4 is 54.5 Å². The van der Waals surface area contributed by atoms with Crippen molar-refractivity contribution in [3.63, 3.8) is 0 Å². The number of fused-ring (bicyclic) bond motifs is 8. The van der Waals surface area contributed by atoms with E-state index in [0.29, 0.717) is 17.5 Å². The summed E-state index contributed by atoms with van der Waals surface area (Å²) >= 11 is 0. The van der Waals surface area contributed by atoms with Gasteiger partial charge in [0.05, 0.1) is 16.7 Å². The Morgan fingerprint density at radius 3 is 1.72 bits per heavy atom. The van der Waals surface area contributed by atoms with E-state index in [-0.39, 0.29) is 0 Å². The van der Waals surface area contributed by atoms with Gasteiger partial charge in [-0.05, 0) is 46.2 Å². The largest absolute Gasteiger partial charge is 0.456 e. The van der Waals surface area contributed by atoms with E-state index in [1.165, 1.54) is 21.5 Å². The van der Waals surface area contributed by atoms with Crippen molar-refractivity contribution in [3.8, 4) is 51.0 Å². The minimum atomic E-state index is 0.579. The summed E-state index contributed by atoms with van der Waals surface area (Å²) in [6.07, 6.45) is 0. The van der Waals surface area contributed by atoms with Crippen molar-refractivity contribution in [2.24, 2.45) is 0 Å². The predicted octanol–water partition coefficient (Wildman–Crippen LogP) is 12.7. The fraction of sp³-hybridized carbons (Fsp3) is 0. The summed E-state index contributed by atoms with van der Waals surface area (Å²) in [7, 11) is 0. The zero-order valence-corrected chi connectivity index (χ0v) is 29.0. The van der Waals surface area contributed by atoms with Gasteiger partial charge in [-0.1, -0.05) is 152 Å². The maximum atomic E-state index is 6.65. The number of para-hydroxylation sites is 2. The summed E-state index contributed by atoms with van der Waals surface area (Å²) in [6, 6.07) is 63.2. The molecule has 0 unspecified atom stereocenters. The molecule has 0 aliphatic heterocycles. The molecule has 0 saturated carbocycles. The first-order valence-corrected chi connectivity index (χ1v) is 18.1. The molecule has 0 N–H and O–H groups in total. The molecule has 0 bridgehead atoms. The predicted molar refractivity (Wildman–Crippen MR) is 221 cm³/mol. The highest BCUT2D eigenvalue weighted by atomic mass is 16.3. The third-order valence-corrected chi connectivity index (χ3v) is 10.4. The number of benzene rings is 8. The second-order valence-corrected chi connectivity index (χ2v) is 13.6. The molecule has 3 heterocycles.